The fourth-order valence-corrected chi connectivity index (χ4v) is 6.65. The van der Waals surface area contributed by atoms with Gasteiger partial charge in [0.1, 0.15) is 76.1 Å². The Labute approximate surface area is 392 Å². The van der Waals surface area contributed by atoms with E-state index in [0.717, 1.165) is 53.8 Å². The van der Waals surface area contributed by atoms with Crippen LogP contribution < -0.4 is 5.43 Å². The van der Waals surface area contributed by atoms with Crippen LogP contribution >= 0.6 is 0 Å². The first-order valence-electron chi connectivity index (χ1n) is 22.3. The standard InChI is InChI=1S/C12H16O2.C12H18O2.C9H12O2.C8H10O2.C6H6O4.C6H6O2/c13-10-6-7-11(12(14)8-10)9-4-2-1-3-5-9;1-2-3-4-5-6-10-7-8-11(13)9-12(10)14;1-6(2)8-4-3-7(10)5-9(8)11;1-2-6-3-4-7(9)5-8(6)10;7-2-4-1-5(8)6(9)3-10-4;7-5-1-2-6(8)4-3-5/h6-9,13-14H,1-5H2;7-9,13-14H,2-6H2,1H3;3-6,10-11H,1-2H3;3-5,9-10H,2H2,1H3;1,3,7,9H,2H2;1-4,7-8H. The van der Waals surface area contributed by atoms with Crippen molar-refractivity contribution < 1.29 is 65.7 Å². The summed E-state index contributed by atoms with van der Waals surface area (Å²) in [5.74, 6) is 2.08. The average Bonchev–Trinajstić information content (AvgIpc) is 3.29. The lowest BCUT2D eigenvalue weighted by Gasteiger charge is -2.22. The largest absolute Gasteiger partial charge is 0.508 e. The number of hydrogen-bond donors (Lipinski definition) is 12. The van der Waals surface area contributed by atoms with Crippen molar-refractivity contribution in [2.45, 2.75) is 117 Å². The maximum absolute atomic E-state index is 10.6. The number of aliphatic hydroxyl groups excluding tert-OH is 1. The predicted octanol–water partition coefficient (Wildman–Crippen LogP) is 11.2. The van der Waals surface area contributed by atoms with Crippen LogP contribution in [0.5, 0.6) is 63.2 Å². The van der Waals surface area contributed by atoms with E-state index >= 15 is 0 Å². The quantitative estimate of drug-likeness (QED) is 0.0475. The number of phenolic OH excluding ortho intramolecular Hbond substituents is 10. The van der Waals surface area contributed by atoms with Gasteiger partial charge in [-0.1, -0.05) is 90.5 Å². The summed E-state index contributed by atoms with van der Waals surface area (Å²) in [6, 6.07) is 25.8. The van der Waals surface area contributed by atoms with E-state index in [0.29, 0.717) is 5.92 Å². The Morgan fingerprint density at radius 2 is 1.00 bits per heavy atom. The second-order valence-corrected chi connectivity index (χ2v) is 16.0. The molecule has 0 spiro atoms. The Balaban J connectivity index is 0.000000279. The van der Waals surface area contributed by atoms with Crippen LogP contribution in [0.15, 0.2) is 119 Å². The molecule has 14 heteroatoms. The van der Waals surface area contributed by atoms with Crippen LogP contribution in [0.4, 0.5) is 0 Å². The molecular weight excluding hydrogens is 861 g/mol. The van der Waals surface area contributed by atoms with Gasteiger partial charge in [0, 0.05) is 30.3 Å². The van der Waals surface area contributed by atoms with Gasteiger partial charge in [0.2, 0.25) is 5.43 Å². The van der Waals surface area contributed by atoms with Crippen molar-refractivity contribution in [2.75, 3.05) is 0 Å². The van der Waals surface area contributed by atoms with Crippen molar-refractivity contribution in [3.05, 3.63) is 148 Å². The number of hydrogen-bond acceptors (Lipinski definition) is 14. The Morgan fingerprint density at radius 3 is 1.45 bits per heavy atom. The van der Waals surface area contributed by atoms with Crippen LogP contribution in [-0.2, 0) is 19.4 Å². The normalized spacial score (nSPS) is 11.7. The lowest BCUT2D eigenvalue weighted by molar-refractivity contribution is 0.241. The highest BCUT2D eigenvalue weighted by Crippen LogP contribution is 2.38. The molecule has 1 aliphatic carbocycles. The first kappa shape index (κ1) is 55.9. The first-order valence-corrected chi connectivity index (χ1v) is 22.3. The van der Waals surface area contributed by atoms with Gasteiger partial charge in [-0.3, -0.25) is 4.79 Å². The highest BCUT2D eigenvalue weighted by atomic mass is 16.4. The molecule has 0 radical (unpaired) electrons. The number of aromatic hydroxyl groups is 11. The van der Waals surface area contributed by atoms with Gasteiger partial charge in [0.15, 0.2) is 5.75 Å². The van der Waals surface area contributed by atoms with E-state index in [4.69, 9.17) is 40.9 Å². The van der Waals surface area contributed by atoms with Crippen LogP contribution in [0.1, 0.15) is 125 Å². The minimum absolute atomic E-state index is 0.104. The Kier molecular flexibility index (Phi) is 25.1. The summed E-state index contributed by atoms with van der Waals surface area (Å²) in [4.78, 5) is 10.6. The highest BCUT2D eigenvalue weighted by molar-refractivity contribution is 5.42. The monoisotopic (exact) mass is 928 g/mol. The molecule has 0 unspecified atom stereocenters. The number of phenols is 10. The van der Waals surface area contributed by atoms with Gasteiger partial charge < -0.3 is 65.7 Å². The Hall–Kier alpha value is -7.19. The smallest absolute Gasteiger partial charge is 0.226 e. The fraction of sp³-hybridized carbons (Fsp3) is 0.340. The minimum atomic E-state index is -0.546. The van der Waals surface area contributed by atoms with Crippen molar-refractivity contribution in [3.8, 4) is 63.2 Å². The number of benzene rings is 5. The second-order valence-electron chi connectivity index (χ2n) is 16.0. The maximum Gasteiger partial charge on any atom is 0.226 e. The molecule has 5 aromatic carbocycles. The molecule has 14 nitrogen and oxygen atoms in total. The predicted molar refractivity (Wildman–Crippen MR) is 259 cm³/mol. The van der Waals surface area contributed by atoms with E-state index in [2.05, 4.69) is 11.3 Å². The Morgan fingerprint density at radius 1 is 0.522 bits per heavy atom. The van der Waals surface area contributed by atoms with E-state index in [1.807, 2.05) is 26.8 Å². The van der Waals surface area contributed by atoms with Crippen molar-refractivity contribution in [1.82, 2.24) is 0 Å². The number of unbranched alkanes of at least 4 members (excludes halogenated alkanes) is 3. The van der Waals surface area contributed by atoms with Crippen molar-refractivity contribution in [2.24, 2.45) is 0 Å². The third kappa shape index (κ3) is 21.6. The van der Waals surface area contributed by atoms with Gasteiger partial charge in [-0.05, 0) is 115 Å². The zero-order chi connectivity index (χ0) is 49.9. The average molecular weight is 929 g/mol. The highest BCUT2D eigenvalue weighted by Gasteiger charge is 2.18. The molecule has 0 amide bonds. The zero-order valence-electron chi connectivity index (χ0n) is 38.7. The van der Waals surface area contributed by atoms with Crippen molar-refractivity contribution in [3.63, 3.8) is 0 Å². The van der Waals surface area contributed by atoms with E-state index in [9.17, 15) is 25.2 Å². The zero-order valence-corrected chi connectivity index (χ0v) is 38.7. The van der Waals surface area contributed by atoms with Gasteiger partial charge in [0.25, 0.3) is 0 Å². The molecule has 364 valence electrons. The molecule has 0 aliphatic heterocycles. The minimum Gasteiger partial charge on any atom is -0.508 e. The number of rotatable bonds is 9. The second kappa shape index (κ2) is 30.1. The summed E-state index contributed by atoms with van der Waals surface area (Å²) in [6.45, 7) is 7.78. The van der Waals surface area contributed by atoms with Gasteiger partial charge in [-0.25, -0.2) is 0 Å². The molecule has 1 fully saturated rings. The molecule has 0 atom stereocenters. The van der Waals surface area contributed by atoms with Crippen LogP contribution in [0.3, 0.4) is 0 Å². The molecular formula is C53H68O14. The summed E-state index contributed by atoms with van der Waals surface area (Å²) >= 11 is 0. The molecule has 0 saturated heterocycles. The summed E-state index contributed by atoms with van der Waals surface area (Å²) in [6.07, 6.45) is 13.5. The molecule has 6 aromatic rings. The summed E-state index contributed by atoms with van der Waals surface area (Å²) < 4.78 is 4.59. The van der Waals surface area contributed by atoms with Crippen molar-refractivity contribution >= 4 is 0 Å². The molecule has 1 saturated carbocycles. The summed E-state index contributed by atoms with van der Waals surface area (Å²) in [5.41, 5.74) is 3.11. The van der Waals surface area contributed by atoms with Crippen LogP contribution in [-0.4, -0.2) is 61.3 Å². The third-order valence-electron chi connectivity index (χ3n) is 10.4. The number of aryl methyl sites for hydroxylation is 2. The van der Waals surface area contributed by atoms with Gasteiger partial charge in [-0.15, -0.1) is 0 Å². The molecule has 1 aliphatic rings. The first-order chi connectivity index (χ1) is 31.9. The molecule has 12 N–H and O–H groups in total. The van der Waals surface area contributed by atoms with Gasteiger partial charge in [0.05, 0.1) is 0 Å². The van der Waals surface area contributed by atoms with E-state index < -0.39 is 11.2 Å². The summed E-state index contributed by atoms with van der Waals surface area (Å²) in [5, 5.41) is 108. The molecule has 0 bridgehead atoms. The number of aliphatic hydroxyl groups is 1. The van der Waals surface area contributed by atoms with Crippen LogP contribution in [0.2, 0.25) is 0 Å². The lowest BCUT2D eigenvalue weighted by Crippen LogP contribution is -2.04. The third-order valence-corrected chi connectivity index (χ3v) is 10.4. The van der Waals surface area contributed by atoms with Gasteiger partial charge in [-0.2, -0.15) is 0 Å². The van der Waals surface area contributed by atoms with E-state index in [1.54, 1.807) is 42.5 Å². The maximum atomic E-state index is 10.6. The molecule has 1 aromatic heterocycles. The SMILES string of the molecule is CC(C)c1ccc(O)cc1O.CCCCCCc1ccc(O)cc1O.CCc1ccc(O)cc1O.O=c1cc(CO)occ1O.Oc1ccc(C2CCCCC2)c(O)c1.Oc1ccc(O)cc1. The molecule has 1 heterocycles. The lowest BCUT2D eigenvalue weighted by atomic mass is 9.84. The fourth-order valence-electron chi connectivity index (χ4n) is 6.65. The molecule has 7 rings (SSSR count). The van der Waals surface area contributed by atoms with E-state index in [-0.39, 0.29) is 75.8 Å². The Bertz CT molecular complexity index is 2370. The van der Waals surface area contributed by atoms with Crippen LogP contribution in [0.25, 0.3) is 0 Å². The van der Waals surface area contributed by atoms with Crippen molar-refractivity contribution in [1.29, 1.82) is 0 Å². The van der Waals surface area contributed by atoms with E-state index in [1.165, 1.54) is 99.9 Å². The summed E-state index contributed by atoms with van der Waals surface area (Å²) in [7, 11) is 0. The topological polar surface area (TPSA) is 273 Å². The molecule has 67 heavy (non-hydrogen) atoms. The van der Waals surface area contributed by atoms with Crippen LogP contribution in [0, 0.1) is 0 Å². The van der Waals surface area contributed by atoms with Gasteiger partial charge >= 0.3 is 0 Å².